The summed E-state index contributed by atoms with van der Waals surface area (Å²) in [6.07, 6.45) is 2.01. The first-order valence-electron chi connectivity index (χ1n) is 6.06. The topological polar surface area (TPSA) is 29.3 Å². The molecular weight excluding hydrogens is 261 g/mol. The molecule has 2 aromatic heterocycles. The van der Waals surface area contributed by atoms with E-state index in [0.29, 0.717) is 6.54 Å². The number of hydrogen-bond acceptors (Lipinski definition) is 3. The number of aryl methyl sites for hydroxylation is 2. The number of hydrogen-bond donors (Lipinski definition) is 1. The standard InChI is InChI=1S/C14H14FN3S/c1-9-3-4-11(15)7-12(9)16-8-13-10(2)17-14-18(13)5-6-19-14/h3-7,16H,8H2,1-2H3. The van der Waals surface area contributed by atoms with Crippen LogP contribution in [0.3, 0.4) is 0 Å². The molecule has 0 saturated heterocycles. The Morgan fingerprint density at radius 2 is 2.21 bits per heavy atom. The summed E-state index contributed by atoms with van der Waals surface area (Å²) < 4.78 is 15.3. The lowest BCUT2D eigenvalue weighted by Crippen LogP contribution is -2.05. The van der Waals surface area contributed by atoms with Crippen molar-refractivity contribution in [2.24, 2.45) is 0 Å². The highest BCUT2D eigenvalue weighted by Crippen LogP contribution is 2.20. The molecule has 5 heteroatoms. The molecular formula is C14H14FN3S. The monoisotopic (exact) mass is 275 g/mol. The minimum absolute atomic E-state index is 0.223. The van der Waals surface area contributed by atoms with Gasteiger partial charge in [0.05, 0.1) is 17.9 Å². The van der Waals surface area contributed by atoms with Crippen LogP contribution in [-0.4, -0.2) is 9.38 Å². The Bertz CT molecular complexity index is 729. The fourth-order valence-corrected chi connectivity index (χ4v) is 2.90. The summed E-state index contributed by atoms with van der Waals surface area (Å²) >= 11 is 1.61. The summed E-state index contributed by atoms with van der Waals surface area (Å²) in [6.45, 7) is 4.59. The molecule has 19 heavy (non-hydrogen) atoms. The van der Waals surface area contributed by atoms with Crippen molar-refractivity contribution < 1.29 is 4.39 Å². The second kappa shape index (κ2) is 4.66. The molecule has 1 aromatic carbocycles. The van der Waals surface area contributed by atoms with Gasteiger partial charge in [-0.1, -0.05) is 6.07 Å². The van der Waals surface area contributed by atoms with Gasteiger partial charge in [-0.05, 0) is 31.5 Å². The number of imidazole rings is 1. The first kappa shape index (κ1) is 12.2. The summed E-state index contributed by atoms with van der Waals surface area (Å²) in [5.74, 6) is -0.223. The van der Waals surface area contributed by atoms with Crippen LogP contribution in [0, 0.1) is 19.7 Å². The van der Waals surface area contributed by atoms with E-state index in [-0.39, 0.29) is 5.82 Å². The van der Waals surface area contributed by atoms with Crippen molar-refractivity contribution in [1.29, 1.82) is 0 Å². The van der Waals surface area contributed by atoms with Crippen molar-refractivity contribution in [2.75, 3.05) is 5.32 Å². The van der Waals surface area contributed by atoms with Crippen molar-refractivity contribution in [3.05, 3.63) is 52.5 Å². The molecule has 1 N–H and O–H groups in total. The van der Waals surface area contributed by atoms with E-state index in [1.807, 2.05) is 25.4 Å². The summed E-state index contributed by atoms with van der Waals surface area (Å²) in [7, 11) is 0. The number of halogens is 1. The SMILES string of the molecule is Cc1ccc(F)cc1NCc1c(C)nc2sccn12. The smallest absolute Gasteiger partial charge is 0.194 e. The lowest BCUT2D eigenvalue weighted by atomic mass is 10.2. The molecule has 0 bridgehead atoms. The number of fused-ring (bicyclic) bond motifs is 1. The molecule has 0 saturated carbocycles. The summed E-state index contributed by atoms with van der Waals surface area (Å²) in [4.78, 5) is 5.48. The van der Waals surface area contributed by atoms with Crippen molar-refractivity contribution in [3.8, 4) is 0 Å². The van der Waals surface area contributed by atoms with Crippen LogP contribution in [0.5, 0.6) is 0 Å². The van der Waals surface area contributed by atoms with Gasteiger partial charge in [-0.25, -0.2) is 9.37 Å². The van der Waals surface area contributed by atoms with Gasteiger partial charge in [0.25, 0.3) is 0 Å². The van der Waals surface area contributed by atoms with Crippen molar-refractivity contribution in [3.63, 3.8) is 0 Å². The summed E-state index contributed by atoms with van der Waals surface area (Å²) in [5, 5.41) is 5.30. The lowest BCUT2D eigenvalue weighted by molar-refractivity contribution is 0.627. The fraction of sp³-hybridized carbons (Fsp3) is 0.214. The Balaban J connectivity index is 1.87. The Kier molecular flexibility index (Phi) is 2.98. The van der Waals surface area contributed by atoms with Crippen molar-refractivity contribution >= 4 is 22.0 Å². The summed E-state index contributed by atoms with van der Waals surface area (Å²) in [5.41, 5.74) is 3.98. The zero-order chi connectivity index (χ0) is 13.4. The van der Waals surface area contributed by atoms with Gasteiger partial charge in [-0.2, -0.15) is 0 Å². The van der Waals surface area contributed by atoms with Crippen LogP contribution in [0.25, 0.3) is 4.96 Å². The maximum absolute atomic E-state index is 13.2. The average molecular weight is 275 g/mol. The van der Waals surface area contributed by atoms with E-state index in [1.165, 1.54) is 12.1 Å². The van der Waals surface area contributed by atoms with Crippen molar-refractivity contribution in [2.45, 2.75) is 20.4 Å². The Morgan fingerprint density at radius 3 is 3.05 bits per heavy atom. The third kappa shape index (κ3) is 2.21. The zero-order valence-corrected chi connectivity index (χ0v) is 11.6. The molecule has 0 spiro atoms. The van der Waals surface area contributed by atoms with Gasteiger partial charge in [-0.3, -0.25) is 4.40 Å². The Hall–Kier alpha value is -1.88. The van der Waals surface area contributed by atoms with E-state index in [0.717, 1.165) is 27.6 Å². The number of anilines is 1. The predicted molar refractivity (Wildman–Crippen MR) is 76.3 cm³/mol. The number of nitrogens with zero attached hydrogens (tertiary/aromatic N) is 2. The number of nitrogens with one attached hydrogen (secondary N) is 1. The number of benzene rings is 1. The first-order chi connectivity index (χ1) is 9.15. The highest BCUT2D eigenvalue weighted by atomic mass is 32.1. The largest absolute Gasteiger partial charge is 0.379 e. The molecule has 3 aromatic rings. The number of thiazole rings is 1. The van der Waals surface area contributed by atoms with Crippen LogP contribution in [0.1, 0.15) is 17.0 Å². The van der Waals surface area contributed by atoms with Crippen molar-refractivity contribution in [1.82, 2.24) is 9.38 Å². The van der Waals surface area contributed by atoms with Crippen LogP contribution in [0.4, 0.5) is 10.1 Å². The highest BCUT2D eigenvalue weighted by Gasteiger charge is 2.09. The molecule has 0 fully saturated rings. The third-order valence-electron chi connectivity index (χ3n) is 3.21. The van der Waals surface area contributed by atoms with E-state index in [9.17, 15) is 4.39 Å². The van der Waals surface area contributed by atoms with E-state index in [2.05, 4.69) is 14.7 Å². The van der Waals surface area contributed by atoms with Crippen LogP contribution < -0.4 is 5.32 Å². The maximum Gasteiger partial charge on any atom is 0.194 e. The number of rotatable bonds is 3. The van der Waals surface area contributed by atoms with E-state index in [4.69, 9.17) is 0 Å². The van der Waals surface area contributed by atoms with Gasteiger partial charge in [-0.15, -0.1) is 11.3 Å². The second-order valence-corrected chi connectivity index (χ2v) is 5.39. The quantitative estimate of drug-likeness (QED) is 0.788. The van der Waals surface area contributed by atoms with Crippen LogP contribution in [0.2, 0.25) is 0 Å². The van der Waals surface area contributed by atoms with Gasteiger partial charge in [0, 0.05) is 17.3 Å². The molecule has 0 aliphatic carbocycles. The molecule has 0 radical (unpaired) electrons. The zero-order valence-electron chi connectivity index (χ0n) is 10.8. The van der Waals surface area contributed by atoms with Crippen LogP contribution >= 0.6 is 11.3 Å². The maximum atomic E-state index is 13.2. The molecule has 0 atom stereocenters. The second-order valence-electron chi connectivity index (χ2n) is 4.51. The Morgan fingerprint density at radius 1 is 1.37 bits per heavy atom. The first-order valence-corrected chi connectivity index (χ1v) is 6.94. The third-order valence-corrected chi connectivity index (χ3v) is 3.96. The molecule has 2 heterocycles. The normalized spacial score (nSPS) is 11.1. The average Bonchev–Trinajstić information content (AvgIpc) is 2.92. The minimum atomic E-state index is -0.223. The molecule has 98 valence electrons. The fourth-order valence-electron chi connectivity index (χ4n) is 2.12. The van der Waals surface area contributed by atoms with E-state index >= 15 is 0 Å². The van der Waals surface area contributed by atoms with E-state index < -0.39 is 0 Å². The molecule has 0 aliphatic heterocycles. The highest BCUT2D eigenvalue weighted by molar-refractivity contribution is 7.15. The minimum Gasteiger partial charge on any atom is -0.379 e. The summed E-state index contributed by atoms with van der Waals surface area (Å²) in [6, 6.07) is 4.78. The van der Waals surface area contributed by atoms with Gasteiger partial charge in [0.2, 0.25) is 0 Å². The molecule has 0 amide bonds. The van der Waals surface area contributed by atoms with Gasteiger partial charge < -0.3 is 5.32 Å². The van der Waals surface area contributed by atoms with Gasteiger partial charge >= 0.3 is 0 Å². The van der Waals surface area contributed by atoms with Crippen LogP contribution in [0.15, 0.2) is 29.8 Å². The molecule has 3 rings (SSSR count). The van der Waals surface area contributed by atoms with Crippen LogP contribution in [-0.2, 0) is 6.54 Å². The van der Waals surface area contributed by atoms with E-state index in [1.54, 1.807) is 17.4 Å². The van der Waals surface area contributed by atoms with Gasteiger partial charge in [0.15, 0.2) is 4.96 Å². The number of aromatic nitrogens is 2. The Labute approximate surface area is 114 Å². The lowest BCUT2D eigenvalue weighted by Gasteiger charge is -2.09. The predicted octanol–water partition coefficient (Wildman–Crippen LogP) is 3.76. The molecule has 3 nitrogen and oxygen atoms in total. The van der Waals surface area contributed by atoms with Gasteiger partial charge in [0.1, 0.15) is 5.82 Å². The molecule has 0 unspecified atom stereocenters. The molecule has 0 aliphatic rings.